The van der Waals surface area contributed by atoms with Crippen LogP contribution in [0, 0.1) is 0 Å². The third-order valence-electron chi connectivity index (χ3n) is 5.40. The van der Waals surface area contributed by atoms with Crippen molar-refractivity contribution in [3.63, 3.8) is 0 Å². The van der Waals surface area contributed by atoms with E-state index in [1.807, 2.05) is 30.7 Å². The highest BCUT2D eigenvalue weighted by atomic mass is 35.5. The number of nitrogens with zero attached hydrogens (tertiary/aromatic N) is 3. The summed E-state index contributed by atoms with van der Waals surface area (Å²) < 4.78 is 20.4. The molecule has 0 radical (unpaired) electrons. The molecular formula is C20H18Cl3N3O4. The van der Waals surface area contributed by atoms with E-state index in [0.29, 0.717) is 31.8 Å². The fourth-order valence-electron chi connectivity index (χ4n) is 4.12. The van der Waals surface area contributed by atoms with Crippen LogP contribution in [0.1, 0.15) is 31.7 Å². The van der Waals surface area contributed by atoms with Gasteiger partial charge in [-0.1, -0.05) is 40.9 Å². The van der Waals surface area contributed by atoms with Gasteiger partial charge in [-0.2, -0.15) is 0 Å². The van der Waals surface area contributed by atoms with Crippen LogP contribution in [-0.4, -0.2) is 43.7 Å². The Hall–Kier alpha value is -1.45. The Kier molecular flexibility index (Phi) is 4.98. The Bertz CT molecular complexity index is 1120. The minimum atomic E-state index is -1.00. The summed E-state index contributed by atoms with van der Waals surface area (Å²) in [5, 5.41) is 12.9. The van der Waals surface area contributed by atoms with Gasteiger partial charge in [0, 0.05) is 6.20 Å². The van der Waals surface area contributed by atoms with E-state index < -0.39 is 36.4 Å². The first-order valence-electron chi connectivity index (χ1n) is 9.36. The van der Waals surface area contributed by atoms with Crippen molar-refractivity contribution in [2.24, 2.45) is 0 Å². The lowest BCUT2D eigenvalue weighted by atomic mass is 9.99. The van der Waals surface area contributed by atoms with Crippen molar-refractivity contribution in [1.82, 2.24) is 14.5 Å². The number of halogens is 3. The molecule has 0 spiro atoms. The van der Waals surface area contributed by atoms with Crippen LogP contribution < -0.4 is 0 Å². The molecule has 3 aromatic rings. The third-order valence-corrected chi connectivity index (χ3v) is 6.44. The van der Waals surface area contributed by atoms with Gasteiger partial charge in [-0.3, -0.25) is 0 Å². The first-order chi connectivity index (χ1) is 14.2. The first kappa shape index (κ1) is 20.5. The first-order valence-corrected chi connectivity index (χ1v) is 10.5. The van der Waals surface area contributed by atoms with Crippen molar-refractivity contribution < 1.29 is 19.3 Å². The van der Waals surface area contributed by atoms with Gasteiger partial charge >= 0.3 is 0 Å². The summed E-state index contributed by atoms with van der Waals surface area (Å²) in [6.07, 6.45) is -0.0524. The molecule has 0 unspecified atom stereocenters. The lowest BCUT2D eigenvalue weighted by Crippen LogP contribution is -2.34. The monoisotopic (exact) mass is 469 g/mol. The van der Waals surface area contributed by atoms with Gasteiger partial charge in [0.05, 0.1) is 15.4 Å². The average molecular weight is 471 g/mol. The van der Waals surface area contributed by atoms with E-state index in [2.05, 4.69) is 9.97 Å². The van der Waals surface area contributed by atoms with Gasteiger partial charge in [-0.15, -0.1) is 0 Å². The zero-order valence-electron chi connectivity index (χ0n) is 16.0. The summed E-state index contributed by atoms with van der Waals surface area (Å²) in [5.74, 6) is -0.831. The molecule has 2 fully saturated rings. The molecule has 2 aliphatic rings. The number of aromatic nitrogens is 3. The molecule has 2 aliphatic heterocycles. The zero-order chi connectivity index (χ0) is 21.2. The summed E-state index contributed by atoms with van der Waals surface area (Å²) in [6.45, 7) is 3.66. The predicted octanol–water partition coefficient (Wildman–Crippen LogP) is 4.54. The predicted molar refractivity (Wildman–Crippen MR) is 112 cm³/mol. The van der Waals surface area contributed by atoms with E-state index in [9.17, 15) is 5.11 Å². The van der Waals surface area contributed by atoms with Crippen LogP contribution in [0.4, 0.5) is 0 Å². The molecule has 0 aliphatic carbocycles. The van der Waals surface area contributed by atoms with Gasteiger partial charge in [0.1, 0.15) is 41.5 Å². The maximum atomic E-state index is 11.1. The number of aliphatic hydroxyl groups excluding tert-OH is 1. The van der Waals surface area contributed by atoms with Gasteiger partial charge < -0.3 is 23.9 Å². The number of rotatable bonds is 3. The molecule has 5 atom stereocenters. The topological polar surface area (TPSA) is 78.6 Å². The molecule has 2 saturated heterocycles. The van der Waals surface area contributed by atoms with E-state index in [4.69, 9.17) is 49.0 Å². The second kappa shape index (κ2) is 7.31. The minimum absolute atomic E-state index is 0.351. The van der Waals surface area contributed by atoms with Gasteiger partial charge in [0.15, 0.2) is 12.0 Å². The molecule has 30 heavy (non-hydrogen) atoms. The number of aliphatic hydroxyl groups is 1. The Labute approximate surface area is 187 Å². The van der Waals surface area contributed by atoms with Crippen LogP contribution in [0.5, 0.6) is 0 Å². The van der Waals surface area contributed by atoms with Crippen LogP contribution in [-0.2, 0) is 14.2 Å². The Morgan fingerprint density at radius 2 is 1.83 bits per heavy atom. The largest absolute Gasteiger partial charge is 0.386 e. The molecule has 4 heterocycles. The van der Waals surface area contributed by atoms with E-state index in [1.165, 1.54) is 6.33 Å². The molecule has 1 aromatic carbocycles. The number of fused-ring (bicyclic) bond motifs is 2. The summed E-state index contributed by atoms with van der Waals surface area (Å²) in [4.78, 5) is 8.36. The third kappa shape index (κ3) is 3.29. The minimum Gasteiger partial charge on any atom is -0.386 e. The highest BCUT2D eigenvalue weighted by Crippen LogP contribution is 2.47. The van der Waals surface area contributed by atoms with Gasteiger partial charge in [-0.05, 0) is 37.6 Å². The molecule has 7 nitrogen and oxygen atoms in total. The van der Waals surface area contributed by atoms with Crippen molar-refractivity contribution in [3.8, 4) is 0 Å². The van der Waals surface area contributed by atoms with Crippen molar-refractivity contribution in [2.75, 3.05) is 0 Å². The molecule has 10 heteroatoms. The molecule has 1 N–H and O–H groups in total. The lowest BCUT2D eigenvalue weighted by molar-refractivity contribution is -0.207. The molecule has 2 aromatic heterocycles. The average Bonchev–Trinajstić information content (AvgIpc) is 3.34. The van der Waals surface area contributed by atoms with Crippen molar-refractivity contribution >= 4 is 45.8 Å². The van der Waals surface area contributed by atoms with Crippen LogP contribution in [0.25, 0.3) is 11.0 Å². The highest BCUT2D eigenvalue weighted by molar-refractivity contribution is 6.42. The van der Waals surface area contributed by atoms with Crippen molar-refractivity contribution in [2.45, 2.75) is 50.3 Å². The molecular weight excluding hydrogens is 453 g/mol. The summed E-state index contributed by atoms with van der Waals surface area (Å²) in [5.41, 5.74) is 1.18. The molecule has 0 bridgehead atoms. The van der Waals surface area contributed by atoms with E-state index in [1.54, 1.807) is 18.2 Å². The van der Waals surface area contributed by atoms with Gasteiger partial charge in [0.25, 0.3) is 0 Å². The normalized spacial score (nSPS) is 28.7. The zero-order valence-corrected chi connectivity index (χ0v) is 18.3. The molecule has 158 valence electrons. The molecule has 0 saturated carbocycles. The number of ether oxygens (including phenoxy) is 3. The van der Waals surface area contributed by atoms with Crippen molar-refractivity contribution in [3.05, 3.63) is 57.6 Å². The lowest BCUT2D eigenvalue weighted by Gasteiger charge is -2.27. The standard InChI is InChI=1S/C20H18Cl3N3O4/c1-20(2)29-15-14(13(27)9-3-4-11(21)12(22)7-9)28-19(16(15)30-20)26-6-5-10-17(23)24-8-25-18(10)26/h3-8,13-16,19,27H,1-2H3/t13-,14-,15-,16-,19-/m1/s1. The number of hydrogen-bond donors (Lipinski definition) is 1. The van der Waals surface area contributed by atoms with Gasteiger partial charge in [-0.25, -0.2) is 9.97 Å². The fraction of sp³-hybridized carbons (Fsp3) is 0.400. The fourth-order valence-corrected chi connectivity index (χ4v) is 4.61. The highest BCUT2D eigenvalue weighted by Gasteiger charge is 2.58. The van der Waals surface area contributed by atoms with E-state index in [0.717, 1.165) is 0 Å². The van der Waals surface area contributed by atoms with E-state index >= 15 is 0 Å². The second-order valence-corrected chi connectivity index (χ2v) is 8.97. The van der Waals surface area contributed by atoms with Crippen LogP contribution in [0.2, 0.25) is 15.2 Å². The Morgan fingerprint density at radius 3 is 2.60 bits per heavy atom. The number of hydrogen-bond acceptors (Lipinski definition) is 6. The van der Waals surface area contributed by atoms with Crippen LogP contribution in [0.3, 0.4) is 0 Å². The van der Waals surface area contributed by atoms with E-state index in [-0.39, 0.29) is 0 Å². The SMILES string of the molecule is CC1(C)O[C@H]2[C@@H](O1)[C@H](n1ccc3c(Cl)ncnc31)O[C@@H]2[C@H](O)c1ccc(Cl)c(Cl)c1. The maximum Gasteiger partial charge on any atom is 0.164 e. The second-order valence-electron chi connectivity index (χ2n) is 7.80. The number of benzene rings is 1. The van der Waals surface area contributed by atoms with Gasteiger partial charge in [0.2, 0.25) is 0 Å². The summed E-state index contributed by atoms with van der Waals surface area (Å²) in [7, 11) is 0. The molecule has 0 amide bonds. The summed E-state index contributed by atoms with van der Waals surface area (Å²) >= 11 is 18.4. The van der Waals surface area contributed by atoms with Crippen LogP contribution in [0.15, 0.2) is 36.8 Å². The molecule has 5 rings (SSSR count). The van der Waals surface area contributed by atoms with Crippen LogP contribution >= 0.6 is 34.8 Å². The Balaban J connectivity index is 1.54. The quantitative estimate of drug-likeness (QED) is 0.566. The maximum absolute atomic E-state index is 11.1. The van der Waals surface area contributed by atoms with Crippen molar-refractivity contribution in [1.29, 1.82) is 0 Å². The smallest absolute Gasteiger partial charge is 0.164 e. The Morgan fingerprint density at radius 1 is 1.07 bits per heavy atom. The summed E-state index contributed by atoms with van der Waals surface area (Å²) in [6, 6.07) is 6.79.